The Morgan fingerprint density at radius 3 is 2.53 bits per heavy atom. The van der Waals surface area contributed by atoms with Gasteiger partial charge in [0.2, 0.25) is 0 Å². The Labute approximate surface area is 94.7 Å². The summed E-state index contributed by atoms with van der Waals surface area (Å²) in [5.41, 5.74) is 6.44. The molecule has 0 heterocycles. The summed E-state index contributed by atoms with van der Waals surface area (Å²) in [4.78, 5) is 0. The summed E-state index contributed by atoms with van der Waals surface area (Å²) in [5.74, 6) is -0.232. The summed E-state index contributed by atoms with van der Waals surface area (Å²) in [7, 11) is 0. The average Bonchev–Trinajstić information content (AvgIpc) is 2.17. The molecule has 2 nitrogen and oxygen atoms in total. The van der Waals surface area contributed by atoms with Gasteiger partial charge in [-0.25, -0.2) is 4.39 Å². The standard InChI is InChI=1S/C11H15FN2S/c1-2-3-10(14-11(13)15)8-4-6-9(12)7-5-8/h4-7,10H,2-3H2,1H3,(H3,13,14,15). The molecule has 82 valence electrons. The minimum Gasteiger partial charge on any atom is -0.376 e. The van der Waals surface area contributed by atoms with Crippen LogP contribution in [-0.2, 0) is 0 Å². The fourth-order valence-corrected chi connectivity index (χ4v) is 1.62. The Hall–Kier alpha value is -1.16. The lowest BCUT2D eigenvalue weighted by Gasteiger charge is -2.18. The summed E-state index contributed by atoms with van der Waals surface area (Å²) in [6, 6.07) is 6.47. The summed E-state index contributed by atoms with van der Waals surface area (Å²) in [6.45, 7) is 2.08. The molecule has 0 saturated carbocycles. The zero-order valence-corrected chi connectivity index (χ0v) is 9.48. The predicted molar refractivity (Wildman–Crippen MR) is 64.0 cm³/mol. The summed E-state index contributed by atoms with van der Waals surface area (Å²) < 4.78 is 12.7. The molecular weight excluding hydrogens is 211 g/mol. The third-order valence-electron chi connectivity index (χ3n) is 2.17. The maximum absolute atomic E-state index is 12.7. The van der Waals surface area contributed by atoms with Crippen molar-refractivity contribution < 1.29 is 4.39 Å². The predicted octanol–water partition coefficient (Wildman–Crippen LogP) is 2.50. The van der Waals surface area contributed by atoms with Crippen molar-refractivity contribution in [2.24, 2.45) is 5.73 Å². The fraction of sp³-hybridized carbons (Fsp3) is 0.364. The van der Waals surface area contributed by atoms with Gasteiger partial charge in [-0.05, 0) is 36.3 Å². The molecule has 0 aromatic heterocycles. The summed E-state index contributed by atoms with van der Waals surface area (Å²) in [6.07, 6.45) is 1.93. The van der Waals surface area contributed by atoms with Gasteiger partial charge in [-0.2, -0.15) is 0 Å². The summed E-state index contributed by atoms with van der Waals surface area (Å²) in [5, 5.41) is 3.28. The van der Waals surface area contributed by atoms with E-state index in [1.54, 1.807) is 12.1 Å². The zero-order valence-electron chi connectivity index (χ0n) is 8.66. The lowest BCUT2D eigenvalue weighted by molar-refractivity contribution is 0.578. The van der Waals surface area contributed by atoms with Crippen molar-refractivity contribution >= 4 is 17.3 Å². The molecule has 0 radical (unpaired) electrons. The van der Waals surface area contributed by atoms with Crippen LogP contribution in [0.2, 0.25) is 0 Å². The number of thiocarbonyl (C=S) groups is 1. The molecular formula is C11H15FN2S. The molecule has 1 atom stereocenters. The van der Waals surface area contributed by atoms with Crippen molar-refractivity contribution in [2.75, 3.05) is 0 Å². The second kappa shape index (κ2) is 5.66. The van der Waals surface area contributed by atoms with E-state index in [1.165, 1.54) is 12.1 Å². The molecule has 15 heavy (non-hydrogen) atoms. The van der Waals surface area contributed by atoms with E-state index in [0.29, 0.717) is 0 Å². The van der Waals surface area contributed by atoms with Gasteiger partial charge in [0.25, 0.3) is 0 Å². The second-order valence-electron chi connectivity index (χ2n) is 3.40. The number of nitrogens with one attached hydrogen (secondary N) is 1. The van der Waals surface area contributed by atoms with Crippen molar-refractivity contribution in [3.8, 4) is 0 Å². The molecule has 0 saturated heterocycles. The molecule has 1 aromatic rings. The second-order valence-corrected chi connectivity index (χ2v) is 3.84. The Bertz CT molecular complexity index is 324. The molecule has 0 aliphatic heterocycles. The maximum atomic E-state index is 12.7. The van der Waals surface area contributed by atoms with Crippen LogP contribution in [0.5, 0.6) is 0 Å². The molecule has 0 spiro atoms. The van der Waals surface area contributed by atoms with E-state index in [4.69, 9.17) is 18.0 Å². The molecule has 1 rings (SSSR count). The number of nitrogens with two attached hydrogens (primary N) is 1. The van der Waals surface area contributed by atoms with Crippen LogP contribution in [-0.4, -0.2) is 5.11 Å². The molecule has 0 amide bonds. The number of hydrogen-bond acceptors (Lipinski definition) is 1. The quantitative estimate of drug-likeness (QED) is 0.775. The highest BCUT2D eigenvalue weighted by atomic mass is 32.1. The van der Waals surface area contributed by atoms with Crippen molar-refractivity contribution in [1.82, 2.24) is 5.32 Å². The first-order valence-electron chi connectivity index (χ1n) is 4.95. The van der Waals surface area contributed by atoms with Crippen LogP contribution in [0.4, 0.5) is 4.39 Å². The van der Waals surface area contributed by atoms with Crippen molar-refractivity contribution in [3.63, 3.8) is 0 Å². The normalized spacial score (nSPS) is 12.1. The molecule has 0 fully saturated rings. The molecule has 3 N–H and O–H groups in total. The van der Waals surface area contributed by atoms with Gasteiger partial charge in [0.05, 0.1) is 6.04 Å². The molecule has 0 aliphatic rings. The number of benzene rings is 1. The minimum absolute atomic E-state index is 0.0769. The smallest absolute Gasteiger partial charge is 0.164 e. The Kier molecular flexibility index (Phi) is 4.49. The number of halogens is 1. The first kappa shape index (κ1) is 11.9. The molecule has 0 bridgehead atoms. The highest BCUT2D eigenvalue weighted by molar-refractivity contribution is 7.80. The van der Waals surface area contributed by atoms with Crippen LogP contribution in [0, 0.1) is 5.82 Å². The number of rotatable bonds is 4. The Morgan fingerprint density at radius 2 is 2.07 bits per heavy atom. The van der Waals surface area contributed by atoms with E-state index in [-0.39, 0.29) is 17.0 Å². The van der Waals surface area contributed by atoms with Crippen molar-refractivity contribution in [2.45, 2.75) is 25.8 Å². The van der Waals surface area contributed by atoms with Crippen LogP contribution in [0.3, 0.4) is 0 Å². The van der Waals surface area contributed by atoms with Gasteiger partial charge in [-0.3, -0.25) is 0 Å². The molecule has 1 unspecified atom stereocenters. The van der Waals surface area contributed by atoms with E-state index in [2.05, 4.69) is 12.2 Å². The van der Waals surface area contributed by atoms with E-state index in [1.807, 2.05) is 0 Å². The highest BCUT2D eigenvalue weighted by Crippen LogP contribution is 2.18. The van der Waals surface area contributed by atoms with Crippen LogP contribution in [0.1, 0.15) is 31.4 Å². The average molecular weight is 226 g/mol. The van der Waals surface area contributed by atoms with E-state index in [9.17, 15) is 4.39 Å². The van der Waals surface area contributed by atoms with E-state index in [0.717, 1.165) is 18.4 Å². The van der Waals surface area contributed by atoms with Crippen LogP contribution < -0.4 is 11.1 Å². The van der Waals surface area contributed by atoms with Gasteiger partial charge in [0, 0.05) is 0 Å². The van der Waals surface area contributed by atoms with E-state index < -0.39 is 0 Å². The van der Waals surface area contributed by atoms with Gasteiger partial charge in [-0.15, -0.1) is 0 Å². The number of hydrogen-bond donors (Lipinski definition) is 2. The summed E-state index contributed by atoms with van der Waals surface area (Å²) >= 11 is 4.80. The minimum atomic E-state index is -0.232. The van der Waals surface area contributed by atoms with Crippen molar-refractivity contribution in [3.05, 3.63) is 35.6 Å². The van der Waals surface area contributed by atoms with E-state index >= 15 is 0 Å². The third-order valence-corrected chi connectivity index (χ3v) is 2.28. The monoisotopic (exact) mass is 226 g/mol. The van der Waals surface area contributed by atoms with Crippen LogP contribution >= 0.6 is 12.2 Å². The van der Waals surface area contributed by atoms with Gasteiger partial charge >= 0.3 is 0 Å². The fourth-order valence-electron chi connectivity index (χ4n) is 1.48. The molecule has 0 aliphatic carbocycles. The maximum Gasteiger partial charge on any atom is 0.164 e. The largest absolute Gasteiger partial charge is 0.376 e. The highest BCUT2D eigenvalue weighted by Gasteiger charge is 2.10. The van der Waals surface area contributed by atoms with Crippen LogP contribution in [0.15, 0.2) is 24.3 Å². The van der Waals surface area contributed by atoms with Gasteiger partial charge in [0.15, 0.2) is 5.11 Å². The molecule has 1 aromatic carbocycles. The van der Waals surface area contributed by atoms with Gasteiger partial charge < -0.3 is 11.1 Å². The van der Waals surface area contributed by atoms with Gasteiger partial charge in [0.1, 0.15) is 5.82 Å². The lowest BCUT2D eigenvalue weighted by atomic mass is 10.0. The lowest BCUT2D eigenvalue weighted by Crippen LogP contribution is -2.32. The zero-order chi connectivity index (χ0) is 11.3. The van der Waals surface area contributed by atoms with Gasteiger partial charge in [-0.1, -0.05) is 25.5 Å². The first-order chi connectivity index (χ1) is 7.13. The Balaban J connectivity index is 2.78. The third kappa shape index (κ3) is 3.83. The Morgan fingerprint density at radius 1 is 1.47 bits per heavy atom. The molecule has 4 heteroatoms. The van der Waals surface area contributed by atoms with Crippen LogP contribution in [0.25, 0.3) is 0 Å². The first-order valence-corrected chi connectivity index (χ1v) is 5.35. The topological polar surface area (TPSA) is 38.0 Å². The van der Waals surface area contributed by atoms with Crippen molar-refractivity contribution in [1.29, 1.82) is 0 Å². The SMILES string of the molecule is CCCC(NC(N)=S)c1ccc(F)cc1.